The molecule has 1 aromatic heterocycles. The summed E-state index contributed by atoms with van der Waals surface area (Å²) in [5, 5.41) is 4.23. The van der Waals surface area contributed by atoms with Crippen LogP contribution in [0, 0.1) is 20.8 Å². The van der Waals surface area contributed by atoms with Gasteiger partial charge in [-0.05, 0) is 74.2 Å². The van der Waals surface area contributed by atoms with E-state index in [2.05, 4.69) is 66.3 Å². The Morgan fingerprint density at radius 3 is 2.66 bits per heavy atom. The summed E-state index contributed by atoms with van der Waals surface area (Å²) < 4.78 is 13.1. The number of rotatable bonds is 6. The van der Waals surface area contributed by atoms with Crippen LogP contribution in [0.1, 0.15) is 28.7 Å². The van der Waals surface area contributed by atoms with Crippen LogP contribution in [0.2, 0.25) is 0 Å². The van der Waals surface area contributed by atoms with E-state index in [4.69, 9.17) is 0 Å². The predicted octanol–water partition coefficient (Wildman–Crippen LogP) is 4.80. The highest BCUT2D eigenvalue weighted by molar-refractivity contribution is 7.85. The molecule has 2 aromatic carbocycles. The van der Waals surface area contributed by atoms with E-state index in [-0.39, 0.29) is 0 Å². The summed E-state index contributed by atoms with van der Waals surface area (Å²) in [5.74, 6) is 0. The van der Waals surface area contributed by atoms with Gasteiger partial charge in [0.15, 0.2) is 5.03 Å². The summed E-state index contributed by atoms with van der Waals surface area (Å²) in [5.41, 5.74) is 7.12. The van der Waals surface area contributed by atoms with Gasteiger partial charge in [-0.3, -0.25) is 0 Å². The van der Waals surface area contributed by atoms with Crippen LogP contribution in [0.15, 0.2) is 64.6 Å². The van der Waals surface area contributed by atoms with E-state index in [0.29, 0.717) is 5.03 Å². The second-order valence-electron chi connectivity index (χ2n) is 7.56. The molecule has 4 nitrogen and oxygen atoms in total. The van der Waals surface area contributed by atoms with Crippen LogP contribution in [-0.4, -0.2) is 22.3 Å². The highest BCUT2D eigenvalue weighted by Crippen LogP contribution is 2.43. The van der Waals surface area contributed by atoms with Gasteiger partial charge in [0.1, 0.15) is 10.8 Å². The zero-order valence-electron chi connectivity index (χ0n) is 17.2. The summed E-state index contributed by atoms with van der Waals surface area (Å²) in [7, 11) is -1.23. The van der Waals surface area contributed by atoms with Crippen LogP contribution in [0.4, 0.5) is 11.4 Å². The van der Waals surface area contributed by atoms with Crippen molar-refractivity contribution < 1.29 is 4.21 Å². The predicted molar refractivity (Wildman–Crippen MR) is 119 cm³/mol. The van der Waals surface area contributed by atoms with E-state index in [1.165, 1.54) is 22.3 Å². The Kier molecular flexibility index (Phi) is 5.79. The SMILES string of the molecule is Cc1ccccc1CNCCCN1c2cccnc2S(=O)c2ccc(C)c(C)c21. The maximum atomic E-state index is 13.1. The zero-order valence-corrected chi connectivity index (χ0v) is 18.1. The molecule has 4 rings (SSSR count). The molecule has 1 atom stereocenters. The number of fused-ring (bicyclic) bond motifs is 2. The molecular formula is C24H27N3OS. The van der Waals surface area contributed by atoms with Crippen molar-refractivity contribution in [2.75, 3.05) is 18.0 Å². The lowest BCUT2D eigenvalue weighted by Gasteiger charge is -2.34. The van der Waals surface area contributed by atoms with Gasteiger partial charge in [0.05, 0.1) is 16.3 Å². The Morgan fingerprint density at radius 2 is 1.83 bits per heavy atom. The maximum absolute atomic E-state index is 13.1. The van der Waals surface area contributed by atoms with Crippen molar-refractivity contribution in [3.05, 3.63) is 77.0 Å². The molecule has 0 spiro atoms. The molecule has 1 aliphatic rings. The van der Waals surface area contributed by atoms with E-state index >= 15 is 0 Å². The summed E-state index contributed by atoms with van der Waals surface area (Å²) in [6.07, 6.45) is 2.71. The van der Waals surface area contributed by atoms with Crippen LogP contribution >= 0.6 is 0 Å². The molecule has 1 N–H and O–H groups in total. The number of benzene rings is 2. The molecule has 0 aliphatic carbocycles. The number of aromatic nitrogens is 1. The fourth-order valence-corrected chi connectivity index (χ4v) is 5.21. The average Bonchev–Trinajstić information content (AvgIpc) is 2.73. The lowest BCUT2D eigenvalue weighted by atomic mass is 10.1. The number of anilines is 2. The lowest BCUT2D eigenvalue weighted by Crippen LogP contribution is -2.29. The van der Waals surface area contributed by atoms with Crippen LogP contribution in [0.5, 0.6) is 0 Å². The number of aryl methyl sites for hydroxylation is 2. The molecule has 0 saturated heterocycles. The van der Waals surface area contributed by atoms with E-state index in [9.17, 15) is 4.21 Å². The quantitative estimate of drug-likeness (QED) is 0.598. The summed E-state index contributed by atoms with van der Waals surface area (Å²) in [4.78, 5) is 7.61. The third-order valence-corrected chi connectivity index (χ3v) is 7.06. The van der Waals surface area contributed by atoms with Crippen LogP contribution in [-0.2, 0) is 17.3 Å². The highest BCUT2D eigenvalue weighted by Gasteiger charge is 2.30. The van der Waals surface area contributed by atoms with Crippen molar-refractivity contribution >= 4 is 22.2 Å². The van der Waals surface area contributed by atoms with Crippen LogP contribution < -0.4 is 10.2 Å². The molecule has 2 heterocycles. The Balaban J connectivity index is 1.51. The molecule has 0 amide bonds. The first kappa shape index (κ1) is 19.8. The first-order chi connectivity index (χ1) is 14.1. The molecule has 29 heavy (non-hydrogen) atoms. The van der Waals surface area contributed by atoms with Crippen LogP contribution in [0.25, 0.3) is 0 Å². The molecule has 150 valence electrons. The van der Waals surface area contributed by atoms with Gasteiger partial charge < -0.3 is 10.2 Å². The number of hydrogen-bond acceptors (Lipinski definition) is 4. The second-order valence-corrected chi connectivity index (χ2v) is 8.92. The topological polar surface area (TPSA) is 45.2 Å². The summed E-state index contributed by atoms with van der Waals surface area (Å²) in [6.45, 7) is 9.04. The number of pyridine rings is 1. The fourth-order valence-electron chi connectivity index (χ4n) is 3.84. The molecule has 0 saturated carbocycles. The second kappa shape index (κ2) is 8.47. The Morgan fingerprint density at radius 1 is 1.00 bits per heavy atom. The van der Waals surface area contributed by atoms with Gasteiger partial charge >= 0.3 is 0 Å². The summed E-state index contributed by atoms with van der Waals surface area (Å²) in [6, 6.07) is 16.5. The largest absolute Gasteiger partial charge is 0.338 e. The molecular weight excluding hydrogens is 378 g/mol. The Bertz CT molecular complexity index is 1060. The fraction of sp³-hybridized carbons (Fsp3) is 0.292. The first-order valence-corrected chi connectivity index (χ1v) is 11.2. The zero-order chi connectivity index (χ0) is 20.4. The molecule has 0 fully saturated rings. The molecule has 5 heteroatoms. The van der Waals surface area contributed by atoms with Gasteiger partial charge in [-0.25, -0.2) is 9.19 Å². The van der Waals surface area contributed by atoms with E-state index in [1.54, 1.807) is 6.20 Å². The minimum Gasteiger partial charge on any atom is -0.338 e. The number of nitrogens with one attached hydrogen (secondary N) is 1. The third kappa shape index (κ3) is 3.85. The van der Waals surface area contributed by atoms with Gasteiger partial charge in [0.25, 0.3) is 0 Å². The molecule has 3 aromatic rings. The van der Waals surface area contributed by atoms with Gasteiger partial charge in [0, 0.05) is 19.3 Å². The number of nitrogens with zero attached hydrogens (tertiary/aromatic N) is 2. The van der Waals surface area contributed by atoms with Crippen molar-refractivity contribution in [3.8, 4) is 0 Å². The van der Waals surface area contributed by atoms with Gasteiger partial charge in [-0.15, -0.1) is 0 Å². The number of hydrogen-bond donors (Lipinski definition) is 1. The van der Waals surface area contributed by atoms with Crippen molar-refractivity contribution in [2.45, 2.75) is 43.7 Å². The monoisotopic (exact) mass is 405 g/mol. The molecule has 1 aliphatic heterocycles. The van der Waals surface area contributed by atoms with Gasteiger partial charge in [-0.2, -0.15) is 0 Å². The lowest BCUT2D eigenvalue weighted by molar-refractivity contribution is 0.644. The smallest absolute Gasteiger partial charge is 0.155 e. The van der Waals surface area contributed by atoms with Crippen molar-refractivity contribution in [1.29, 1.82) is 0 Å². The van der Waals surface area contributed by atoms with Crippen molar-refractivity contribution in [3.63, 3.8) is 0 Å². The van der Waals surface area contributed by atoms with Gasteiger partial charge in [0.2, 0.25) is 0 Å². The summed E-state index contributed by atoms with van der Waals surface area (Å²) >= 11 is 0. The van der Waals surface area contributed by atoms with Crippen molar-refractivity contribution in [2.24, 2.45) is 0 Å². The minimum atomic E-state index is -1.23. The minimum absolute atomic E-state index is 0.663. The molecule has 0 bridgehead atoms. The highest BCUT2D eigenvalue weighted by atomic mass is 32.2. The average molecular weight is 406 g/mol. The van der Waals surface area contributed by atoms with E-state index < -0.39 is 10.8 Å². The van der Waals surface area contributed by atoms with Crippen molar-refractivity contribution in [1.82, 2.24) is 10.3 Å². The molecule has 1 unspecified atom stereocenters. The third-order valence-electron chi connectivity index (χ3n) is 5.66. The molecule has 0 radical (unpaired) electrons. The first-order valence-electron chi connectivity index (χ1n) is 10.1. The van der Waals surface area contributed by atoms with Crippen LogP contribution in [0.3, 0.4) is 0 Å². The standard InChI is InChI=1S/C24H27N3OS/c1-17-11-12-22-23(19(17)3)27(21-10-6-14-26-24(21)29(22)28)15-7-13-25-16-20-9-5-4-8-18(20)2/h4-6,8-12,14,25H,7,13,15-16H2,1-3H3. The maximum Gasteiger partial charge on any atom is 0.155 e. The van der Waals surface area contributed by atoms with E-state index in [1.807, 2.05) is 18.2 Å². The van der Waals surface area contributed by atoms with E-state index in [0.717, 1.165) is 42.3 Å². The Labute approximate surface area is 175 Å². The normalized spacial score (nSPS) is 15.1. The Hall–Kier alpha value is -2.50. The van der Waals surface area contributed by atoms with Gasteiger partial charge in [-0.1, -0.05) is 30.3 Å².